The van der Waals surface area contributed by atoms with Crippen LogP contribution in [0.15, 0.2) is 5.38 Å². The highest BCUT2D eigenvalue weighted by Gasteiger charge is 2.27. The summed E-state index contributed by atoms with van der Waals surface area (Å²) in [4.78, 5) is 17.4. The van der Waals surface area contributed by atoms with E-state index >= 15 is 0 Å². The molecule has 1 aliphatic rings. The molecule has 1 fully saturated rings. The first-order chi connectivity index (χ1) is 8.20. The Labute approximate surface area is 104 Å². The SMILES string of the molecule is CCc1csc(N2CCOCC2CC(=O)O)n1. The highest BCUT2D eigenvalue weighted by Crippen LogP contribution is 2.25. The van der Waals surface area contributed by atoms with E-state index in [0.717, 1.165) is 17.2 Å². The normalized spacial score (nSPS) is 20.5. The van der Waals surface area contributed by atoms with Crippen molar-refractivity contribution >= 4 is 22.4 Å². The largest absolute Gasteiger partial charge is 0.481 e. The van der Waals surface area contributed by atoms with Gasteiger partial charge in [0.2, 0.25) is 0 Å². The van der Waals surface area contributed by atoms with Crippen LogP contribution in [0.4, 0.5) is 5.13 Å². The van der Waals surface area contributed by atoms with Crippen molar-refractivity contribution in [3.8, 4) is 0 Å². The number of carboxylic acids is 1. The molecule has 2 heterocycles. The van der Waals surface area contributed by atoms with E-state index < -0.39 is 5.97 Å². The average molecular weight is 256 g/mol. The Kier molecular flexibility index (Phi) is 3.96. The number of aromatic nitrogens is 1. The minimum atomic E-state index is -0.794. The lowest BCUT2D eigenvalue weighted by atomic mass is 10.2. The number of aliphatic carboxylic acids is 1. The molecule has 1 unspecified atom stereocenters. The minimum absolute atomic E-state index is 0.0983. The van der Waals surface area contributed by atoms with Crippen molar-refractivity contribution in [2.75, 3.05) is 24.7 Å². The quantitative estimate of drug-likeness (QED) is 0.882. The Morgan fingerprint density at radius 3 is 3.24 bits per heavy atom. The minimum Gasteiger partial charge on any atom is -0.481 e. The monoisotopic (exact) mass is 256 g/mol. The number of aryl methyl sites for hydroxylation is 1. The van der Waals surface area contributed by atoms with E-state index in [1.165, 1.54) is 0 Å². The van der Waals surface area contributed by atoms with Crippen LogP contribution >= 0.6 is 11.3 Å². The molecule has 1 aromatic rings. The lowest BCUT2D eigenvalue weighted by Crippen LogP contribution is -2.46. The van der Waals surface area contributed by atoms with Crippen LogP contribution in [0.25, 0.3) is 0 Å². The maximum Gasteiger partial charge on any atom is 0.305 e. The van der Waals surface area contributed by atoms with Gasteiger partial charge in [0.25, 0.3) is 0 Å². The molecule has 1 aliphatic heterocycles. The van der Waals surface area contributed by atoms with Gasteiger partial charge in [0.05, 0.1) is 31.4 Å². The van der Waals surface area contributed by atoms with Gasteiger partial charge in [-0.3, -0.25) is 4.79 Å². The number of rotatable bonds is 4. The molecule has 0 spiro atoms. The highest BCUT2D eigenvalue weighted by atomic mass is 32.1. The Morgan fingerprint density at radius 1 is 1.76 bits per heavy atom. The van der Waals surface area contributed by atoms with Gasteiger partial charge in [-0.15, -0.1) is 11.3 Å². The molecule has 17 heavy (non-hydrogen) atoms. The van der Waals surface area contributed by atoms with Gasteiger partial charge < -0.3 is 14.7 Å². The van der Waals surface area contributed by atoms with Gasteiger partial charge in [-0.25, -0.2) is 4.98 Å². The fourth-order valence-electron chi connectivity index (χ4n) is 1.87. The molecule has 0 radical (unpaired) electrons. The fourth-order valence-corrected chi connectivity index (χ4v) is 2.87. The second kappa shape index (κ2) is 5.46. The third-order valence-corrected chi connectivity index (χ3v) is 3.71. The summed E-state index contributed by atoms with van der Waals surface area (Å²) >= 11 is 1.58. The Morgan fingerprint density at radius 2 is 2.59 bits per heavy atom. The third-order valence-electron chi connectivity index (χ3n) is 2.79. The number of carboxylic acid groups (broad SMARTS) is 1. The lowest BCUT2D eigenvalue weighted by molar-refractivity contribution is -0.138. The van der Waals surface area contributed by atoms with Gasteiger partial charge >= 0.3 is 5.97 Å². The van der Waals surface area contributed by atoms with Crippen LogP contribution in [0, 0.1) is 0 Å². The molecule has 1 aromatic heterocycles. The van der Waals surface area contributed by atoms with Crippen molar-refractivity contribution in [3.05, 3.63) is 11.1 Å². The first-order valence-corrected chi connectivity index (χ1v) is 6.59. The van der Waals surface area contributed by atoms with Crippen LogP contribution in [0.5, 0.6) is 0 Å². The fraction of sp³-hybridized carbons (Fsp3) is 0.636. The predicted molar refractivity (Wildman–Crippen MR) is 65.7 cm³/mol. The first-order valence-electron chi connectivity index (χ1n) is 5.71. The molecule has 0 amide bonds. The van der Waals surface area contributed by atoms with E-state index in [1.807, 2.05) is 5.38 Å². The van der Waals surface area contributed by atoms with Crippen molar-refractivity contribution in [2.45, 2.75) is 25.8 Å². The maximum atomic E-state index is 10.8. The van der Waals surface area contributed by atoms with Crippen molar-refractivity contribution in [3.63, 3.8) is 0 Å². The molecule has 0 aromatic carbocycles. The molecule has 6 heteroatoms. The number of hydrogen-bond donors (Lipinski definition) is 1. The van der Waals surface area contributed by atoms with Crippen LogP contribution < -0.4 is 4.90 Å². The molecule has 5 nitrogen and oxygen atoms in total. The molecule has 0 aliphatic carbocycles. The van der Waals surface area contributed by atoms with Gasteiger partial charge in [-0.2, -0.15) is 0 Å². The molecular weight excluding hydrogens is 240 g/mol. The van der Waals surface area contributed by atoms with Crippen LogP contribution in [0.3, 0.4) is 0 Å². The average Bonchev–Trinajstić information content (AvgIpc) is 2.77. The number of nitrogens with zero attached hydrogens (tertiary/aromatic N) is 2. The summed E-state index contributed by atoms with van der Waals surface area (Å²) in [6, 6.07) is -0.0999. The van der Waals surface area contributed by atoms with Crippen molar-refractivity contribution < 1.29 is 14.6 Å². The number of carbonyl (C=O) groups is 1. The van der Waals surface area contributed by atoms with Gasteiger partial charge in [-0.1, -0.05) is 6.92 Å². The molecule has 2 rings (SSSR count). The van der Waals surface area contributed by atoms with Gasteiger partial charge in [-0.05, 0) is 6.42 Å². The van der Waals surface area contributed by atoms with E-state index in [-0.39, 0.29) is 12.5 Å². The van der Waals surface area contributed by atoms with E-state index in [4.69, 9.17) is 9.84 Å². The predicted octanol–water partition coefficient (Wildman–Crippen LogP) is 1.39. The van der Waals surface area contributed by atoms with E-state index in [2.05, 4.69) is 16.8 Å². The Bertz CT molecular complexity index is 394. The first kappa shape index (κ1) is 12.3. The summed E-state index contributed by atoms with van der Waals surface area (Å²) in [5.41, 5.74) is 1.06. The van der Waals surface area contributed by atoms with Gasteiger partial charge in [0.1, 0.15) is 0 Å². The van der Waals surface area contributed by atoms with Crippen molar-refractivity contribution in [2.24, 2.45) is 0 Å². The second-order valence-electron chi connectivity index (χ2n) is 3.99. The smallest absolute Gasteiger partial charge is 0.305 e. The number of thiazole rings is 1. The lowest BCUT2D eigenvalue weighted by Gasteiger charge is -2.34. The molecule has 0 bridgehead atoms. The van der Waals surface area contributed by atoms with Crippen molar-refractivity contribution in [1.29, 1.82) is 0 Å². The van der Waals surface area contributed by atoms with Crippen LogP contribution in [-0.4, -0.2) is 41.9 Å². The Hall–Kier alpha value is -1.14. The number of ether oxygens (including phenoxy) is 1. The molecule has 1 saturated heterocycles. The van der Waals surface area contributed by atoms with Crippen molar-refractivity contribution in [1.82, 2.24) is 4.98 Å². The number of anilines is 1. The van der Waals surface area contributed by atoms with E-state index in [1.54, 1.807) is 11.3 Å². The zero-order valence-electron chi connectivity index (χ0n) is 9.76. The van der Waals surface area contributed by atoms with Gasteiger partial charge in [0.15, 0.2) is 5.13 Å². The third kappa shape index (κ3) is 2.95. The van der Waals surface area contributed by atoms with Crippen LogP contribution in [0.1, 0.15) is 19.0 Å². The summed E-state index contributed by atoms with van der Waals surface area (Å²) in [6.45, 7) is 3.88. The molecule has 94 valence electrons. The molecular formula is C11H16N2O3S. The maximum absolute atomic E-state index is 10.8. The number of morpholine rings is 1. The van der Waals surface area contributed by atoms with E-state index in [9.17, 15) is 4.79 Å². The zero-order chi connectivity index (χ0) is 12.3. The summed E-state index contributed by atoms with van der Waals surface area (Å²) in [6.07, 6.45) is 1.01. The standard InChI is InChI=1S/C11H16N2O3S/c1-2-8-7-17-11(12-8)13-3-4-16-6-9(13)5-10(14)15/h7,9H,2-6H2,1H3,(H,14,15). The molecule has 1 N–H and O–H groups in total. The summed E-state index contributed by atoms with van der Waals surface area (Å²) in [5.74, 6) is -0.794. The van der Waals surface area contributed by atoms with Gasteiger partial charge in [0, 0.05) is 11.9 Å². The highest BCUT2D eigenvalue weighted by molar-refractivity contribution is 7.13. The summed E-state index contributed by atoms with van der Waals surface area (Å²) in [7, 11) is 0. The second-order valence-corrected chi connectivity index (χ2v) is 4.83. The molecule has 1 atom stereocenters. The summed E-state index contributed by atoms with van der Waals surface area (Å²) < 4.78 is 5.34. The topological polar surface area (TPSA) is 62.7 Å². The Balaban J connectivity index is 2.12. The van der Waals surface area contributed by atoms with Crippen LogP contribution in [-0.2, 0) is 16.0 Å². The van der Waals surface area contributed by atoms with Crippen LogP contribution in [0.2, 0.25) is 0 Å². The molecule has 0 saturated carbocycles. The van der Waals surface area contributed by atoms with E-state index in [0.29, 0.717) is 19.8 Å². The number of hydrogen-bond acceptors (Lipinski definition) is 5. The zero-order valence-corrected chi connectivity index (χ0v) is 10.6. The summed E-state index contributed by atoms with van der Waals surface area (Å²) in [5, 5.41) is 11.8.